The fourth-order valence-electron chi connectivity index (χ4n) is 1.77. The van der Waals surface area contributed by atoms with Crippen LogP contribution in [0, 0.1) is 6.92 Å². The highest BCUT2D eigenvalue weighted by Crippen LogP contribution is 2.34. The maximum Gasteiger partial charge on any atom is 0.107 e. The van der Waals surface area contributed by atoms with Crippen molar-refractivity contribution in [1.29, 1.82) is 0 Å². The quantitative estimate of drug-likeness (QED) is 0.798. The molecule has 0 saturated carbocycles. The van der Waals surface area contributed by atoms with Gasteiger partial charge in [-0.2, -0.15) is 0 Å². The van der Waals surface area contributed by atoms with Gasteiger partial charge in [-0.1, -0.05) is 63.4 Å². The highest BCUT2D eigenvalue weighted by molar-refractivity contribution is 9.10. The Morgan fingerprint density at radius 3 is 2.50 bits per heavy atom. The molecule has 1 unspecified atom stereocenters. The van der Waals surface area contributed by atoms with E-state index in [0.29, 0.717) is 15.6 Å². The lowest BCUT2D eigenvalue weighted by molar-refractivity contribution is 0.219. The van der Waals surface area contributed by atoms with Gasteiger partial charge in [0.2, 0.25) is 0 Å². The Balaban J connectivity index is 2.48. The van der Waals surface area contributed by atoms with Crippen LogP contribution < -0.4 is 0 Å². The second kappa shape index (κ2) is 5.62. The van der Waals surface area contributed by atoms with Crippen LogP contribution in [0.5, 0.6) is 0 Å². The van der Waals surface area contributed by atoms with Crippen LogP contribution in [0.1, 0.15) is 22.8 Å². The van der Waals surface area contributed by atoms with Gasteiger partial charge in [0.15, 0.2) is 0 Å². The first-order valence-corrected chi connectivity index (χ1v) is 6.93. The van der Waals surface area contributed by atoms with Crippen LogP contribution in [0.2, 0.25) is 10.0 Å². The van der Waals surface area contributed by atoms with E-state index in [-0.39, 0.29) is 0 Å². The molecule has 0 aliphatic carbocycles. The lowest BCUT2D eigenvalue weighted by Gasteiger charge is -2.16. The highest BCUT2D eigenvalue weighted by atomic mass is 79.9. The van der Waals surface area contributed by atoms with E-state index in [1.54, 1.807) is 18.2 Å². The molecule has 2 aromatic rings. The summed E-state index contributed by atoms with van der Waals surface area (Å²) < 4.78 is 0.892. The summed E-state index contributed by atoms with van der Waals surface area (Å²) in [6, 6.07) is 10.8. The maximum absolute atomic E-state index is 10.4. The van der Waals surface area contributed by atoms with E-state index in [2.05, 4.69) is 15.9 Å². The molecule has 0 saturated heterocycles. The van der Waals surface area contributed by atoms with E-state index in [4.69, 9.17) is 23.2 Å². The summed E-state index contributed by atoms with van der Waals surface area (Å²) in [5.41, 5.74) is 2.50. The monoisotopic (exact) mass is 344 g/mol. The van der Waals surface area contributed by atoms with E-state index < -0.39 is 6.10 Å². The molecule has 0 aliphatic rings. The second-order valence-electron chi connectivity index (χ2n) is 4.05. The lowest BCUT2D eigenvalue weighted by Crippen LogP contribution is -2.02. The summed E-state index contributed by atoms with van der Waals surface area (Å²) in [5, 5.41) is 11.4. The standard InChI is InChI=1S/C14H11BrCl2O/c1-8-3-2-4-11(13(8)15)14(18)10-6-5-9(16)7-12(10)17/h2-7,14,18H,1H3. The summed E-state index contributed by atoms with van der Waals surface area (Å²) in [7, 11) is 0. The normalized spacial score (nSPS) is 12.5. The molecule has 1 N–H and O–H groups in total. The number of aliphatic hydroxyl groups is 1. The van der Waals surface area contributed by atoms with Crippen molar-refractivity contribution >= 4 is 39.1 Å². The van der Waals surface area contributed by atoms with Gasteiger partial charge >= 0.3 is 0 Å². The van der Waals surface area contributed by atoms with Gasteiger partial charge in [0.25, 0.3) is 0 Å². The zero-order valence-electron chi connectivity index (χ0n) is 9.62. The van der Waals surface area contributed by atoms with Crippen molar-refractivity contribution in [2.24, 2.45) is 0 Å². The van der Waals surface area contributed by atoms with Crippen molar-refractivity contribution in [2.75, 3.05) is 0 Å². The number of hydrogen-bond acceptors (Lipinski definition) is 1. The average molecular weight is 346 g/mol. The molecule has 0 radical (unpaired) electrons. The SMILES string of the molecule is Cc1cccc(C(O)c2ccc(Cl)cc2Cl)c1Br. The molecular formula is C14H11BrCl2O. The molecule has 0 fully saturated rings. The molecule has 0 spiro atoms. The van der Waals surface area contributed by atoms with Crippen molar-refractivity contribution in [3.8, 4) is 0 Å². The lowest BCUT2D eigenvalue weighted by atomic mass is 10.00. The Hall–Kier alpha value is -0.540. The summed E-state index contributed by atoms with van der Waals surface area (Å²) in [4.78, 5) is 0. The first-order valence-electron chi connectivity index (χ1n) is 5.38. The van der Waals surface area contributed by atoms with E-state index >= 15 is 0 Å². The molecular weight excluding hydrogens is 335 g/mol. The molecule has 1 nitrogen and oxygen atoms in total. The zero-order valence-corrected chi connectivity index (χ0v) is 12.7. The first kappa shape index (κ1) is 13.9. The van der Waals surface area contributed by atoms with E-state index in [0.717, 1.165) is 15.6 Å². The zero-order chi connectivity index (χ0) is 13.3. The molecule has 0 aliphatic heterocycles. The van der Waals surface area contributed by atoms with Crippen LogP contribution in [0.3, 0.4) is 0 Å². The Morgan fingerprint density at radius 1 is 1.11 bits per heavy atom. The van der Waals surface area contributed by atoms with Crippen LogP contribution in [0.4, 0.5) is 0 Å². The predicted octanol–water partition coefficient (Wildman–Crippen LogP) is 5.15. The molecule has 94 valence electrons. The average Bonchev–Trinajstić information content (AvgIpc) is 2.32. The fourth-order valence-corrected chi connectivity index (χ4v) is 2.77. The van der Waals surface area contributed by atoms with Gasteiger partial charge in [-0.25, -0.2) is 0 Å². The van der Waals surface area contributed by atoms with Gasteiger partial charge in [-0.3, -0.25) is 0 Å². The first-order chi connectivity index (χ1) is 8.50. The van der Waals surface area contributed by atoms with Crippen LogP contribution >= 0.6 is 39.1 Å². The van der Waals surface area contributed by atoms with Crippen molar-refractivity contribution in [2.45, 2.75) is 13.0 Å². The number of rotatable bonds is 2. The molecule has 0 bridgehead atoms. The molecule has 0 aromatic heterocycles. The predicted molar refractivity (Wildman–Crippen MR) is 79.4 cm³/mol. The topological polar surface area (TPSA) is 20.2 Å². The van der Waals surface area contributed by atoms with Crippen LogP contribution in [0.15, 0.2) is 40.9 Å². The Bertz CT molecular complexity index is 584. The largest absolute Gasteiger partial charge is 0.384 e. The van der Waals surface area contributed by atoms with Crippen molar-refractivity contribution in [3.63, 3.8) is 0 Å². The number of halogens is 3. The molecule has 0 heterocycles. The third-order valence-electron chi connectivity index (χ3n) is 2.77. The van der Waals surface area contributed by atoms with E-state index in [1.807, 2.05) is 25.1 Å². The molecule has 18 heavy (non-hydrogen) atoms. The summed E-state index contributed by atoms with van der Waals surface area (Å²) in [6.45, 7) is 1.98. The van der Waals surface area contributed by atoms with Crippen LogP contribution in [-0.4, -0.2) is 5.11 Å². The van der Waals surface area contributed by atoms with Gasteiger partial charge in [0.05, 0.1) is 0 Å². The van der Waals surface area contributed by atoms with E-state index in [9.17, 15) is 5.11 Å². The summed E-state index contributed by atoms with van der Waals surface area (Å²) in [5.74, 6) is 0. The minimum atomic E-state index is -0.774. The number of aryl methyl sites for hydroxylation is 1. The van der Waals surface area contributed by atoms with Crippen molar-refractivity contribution in [1.82, 2.24) is 0 Å². The Labute approximate surface area is 124 Å². The van der Waals surface area contributed by atoms with E-state index in [1.165, 1.54) is 0 Å². The minimum absolute atomic E-state index is 0.461. The van der Waals surface area contributed by atoms with Crippen molar-refractivity contribution in [3.05, 3.63) is 67.6 Å². The van der Waals surface area contributed by atoms with Gasteiger partial charge in [0.1, 0.15) is 6.10 Å². The Kier molecular flexibility index (Phi) is 4.33. The molecule has 4 heteroatoms. The minimum Gasteiger partial charge on any atom is -0.384 e. The van der Waals surface area contributed by atoms with Gasteiger partial charge in [-0.05, 0) is 30.2 Å². The molecule has 2 aromatic carbocycles. The number of benzene rings is 2. The van der Waals surface area contributed by atoms with Crippen LogP contribution in [-0.2, 0) is 0 Å². The third kappa shape index (κ3) is 2.72. The number of aliphatic hydroxyl groups excluding tert-OH is 1. The molecule has 1 atom stereocenters. The summed E-state index contributed by atoms with van der Waals surface area (Å²) >= 11 is 15.4. The second-order valence-corrected chi connectivity index (χ2v) is 5.68. The van der Waals surface area contributed by atoms with Gasteiger partial charge in [-0.15, -0.1) is 0 Å². The van der Waals surface area contributed by atoms with Crippen LogP contribution in [0.25, 0.3) is 0 Å². The highest BCUT2D eigenvalue weighted by Gasteiger charge is 2.17. The van der Waals surface area contributed by atoms with Crippen molar-refractivity contribution < 1.29 is 5.11 Å². The summed E-state index contributed by atoms with van der Waals surface area (Å²) in [6.07, 6.45) is -0.774. The molecule has 2 rings (SSSR count). The smallest absolute Gasteiger partial charge is 0.107 e. The maximum atomic E-state index is 10.4. The Morgan fingerprint density at radius 2 is 1.83 bits per heavy atom. The van der Waals surface area contributed by atoms with Gasteiger partial charge < -0.3 is 5.11 Å². The number of hydrogen-bond donors (Lipinski definition) is 1. The molecule has 0 amide bonds. The fraction of sp³-hybridized carbons (Fsp3) is 0.143. The van der Waals surface area contributed by atoms with Gasteiger partial charge in [0, 0.05) is 20.1 Å². The third-order valence-corrected chi connectivity index (χ3v) is 4.42.